The minimum absolute atomic E-state index is 0.0539. The van der Waals surface area contributed by atoms with E-state index in [0.29, 0.717) is 12.1 Å². The Labute approximate surface area is 116 Å². The molecule has 1 amide bonds. The zero-order valence-electron chi connectivity index (χ0n) is 10.6. The number of halogens is 1. The Morgan fingerprint density at radius 3 is 2.79 bits per heavy atom. The molecule has 1 N–H and O–H groups in total. The third kappa shape index (κ3) is 2.56. The maximum atomic E-state index is 11.2. The molecule has 0 aromatic carbocycles. The summed E-state index contributed by atoms with van der Waals surface area (Å²) < 4.78 is 0. The molecule has 1 heterocycles. The SMILES string of the molecule is CC1(c2ccnc(Cl)c2N(C=O)CC(=O)O)CCC1. The van der Waals surface area contributed by atoms with Gasteiger partial charge in [-0.3, -0.25) is 9.59 Å². The van der Waals surface area contributed by atoms with Crippen LogP contribution in [0.25, 0.3) is 0 Å². The number of pyridine rings is 1. The lowest BCUT2D eigenvalue weighted by molar-refractivity contribution is -0.136. The number of aliphatic carboxylic acids is 1. The van der Waals surface area contributed by atoms with Gasteiger partial charge in [0.05, 0.1) is 5.69 Å². The molecule has 0 radical (unpaired) electrons. The molecule has 19 heavy (non-hydrogen) atoms. The van der Waals surface area contributed by atoms with E-state index in [9.17, 15) is 9.59 Å². The van der Waals surface area contributed by atoms with E-state index < -0.39 is 12.5 Å². The summed E-state index contributed by atoms with van der Waals surface area (Å²) >= 11 is 6.07. The molecule has 1 aliphatic carbocycles. The van der Waals surface area contributed by atoms with Gasteiger partial charge in [-0.05, 0) is 29.9 Å². The second kappa shape index (κ2) is 5.17. The maximum absolute atomic E-state index is 11.2. The number of hydrogen-bond donors (Lipinski definition) is 1. The van der Waals surface area contributed by atoms with Gasteiger partial charge in [0.25, 0.3) is 0 Å². The van der Waals surface area contributed by atoms with E-state index in [2.05, 4.69) is 11.9 Å². The molecule has 0 saturated heterocycles. The average Bonchev–Trinajstić information content (AvgIpc) is 2.33. The maximum Gasteiger partial charge on any atom is 0.323 e. The van der Waals surface area contributed by atoms with Crippen LogP contribution >= 0.6 is 11.6 Å². The van der Waals surface area contributed by atoms with E-state index in [1.54, 1.807) is 6.20 Å². The molecule has 1 fully saturated rings. The highest BCUT2D eigenvalue weighted by molar-refractivity contribution is 6.32. The minimum atomic E-state index is -1.09. The molecular formula is C13H15ClN2O3. The van der Waals surface area contributed by atoms with E-state index in [1.165, 1.54) is 0 Å². The number of amides is 1. The van der Waals surface area contributed by atoms with Gasteiger partial charge >= 0.3 is 5.97 Å². The van der Waals surface area contributed by atoms with Gasteiger partial charge in [-0.2, -0.15) is 0 Å². The molecule has 2 rings (SSSR count). The zero-order chi connectivity index (χ0) is 14.0. The third-order valence-electron chi connectivity index (χ3n) is 3.71. The predicted molar refractivity (Wildman–Crippen MR) is 71.5 cm³/mol. The van der Waals surface area contributed by atoms with Crippen LogP contribution in [0.15, 0.2) is 12.3 Å². The van der Waals surface area contributed by atoms with Gasteiger partial charge in [-0.25, -0.2) is 4.98 Å². The number of aromatic nitrogens is 1. The van der Waals surface area contributed by atoms with Crippen molar-refractivity contribution in [3.63, 3.8) is 0 Å². The number of nitrogens with zero attached hydrogens (tertiary/aromatic N) is 2. The van der Waals surface area contributed by atoms with Crippen LogP contribution < -0.4 is 4.90 Å². The van der Waals surface area contributed by atoms with Gasteiger partial charge in [-0.15, -0.1) is 0 Å². The molecular weight excluding hydrogens is 268 g/mol. The predicted octanol–water partition coefficient (Wildman–Crippen LogP) is 2.22. The lowest BCUT2D eigenvalue weighted by Gasteiger charge is -2.41. The van der Waals surface area contributed by atoms with Gasteiger partial charge in [0.1, 0.15) is 6.54 Å². The Morgan fingerprint density at radius 1 is 1.63 bits per heavy atom. The third-order valence-corrected chi connectivity index (χ3v) is 3.98. The van der Waals surface area contributed by atoms with Crippen LogP contribution in [0, 0.1) is 0 Å². The Bertz CT molecular complexity index is 515. The fraction of sp³-hybridized carbons (Fsp3) is 0.462. The van der Waals surface area contributed by atoms with Crippen LogP contribution in [-0.4, -0.2) is 29.0 Å². The second-order valence-electron chi connectivity index (χ2n) is 5.04. The molecule has 6 heteroatoms. The number of carboxylic acids is 1. The van der Waals surface area contributed by atoms with Crippen LogP contribution in [0.2, 0.25) is 5.15 Å². The van der Waals surface area contributed by atoms with Crippen molar-refractivity contribution in [3.05, 3.63) is 23.0 Å². The molecule has 1 aromatic heterocycles. The highest BCUT2D eigenvalue weighted by atomic mass is 35.5. The monoisotopic (exact) mass is 282 g/mol. The van der Waals surface area contributed by atoms with Crippen molar-refractivity contribution in [1.29, 1.82) is 0 Å². The summed E-state index contributed by atoms with van der Waals surface area (Å²) in [5, 5.41) is 9.03. The van der Waals surface area contributed by atoms with Gasteiger partial charge in [-0.1, -0.05) is 24.9 Å². The highest BCUT2D eigenvalue weighted by Crippen LogP contribution is 2.47. The largest absolute Gasteiger partial charge is 0.480 e. The first-order valence-corrected chi connectivity index (χ1v) is 6.44. The van der Waals surface area contributed by atoms with E-state index in [0.717, 1.165) is 29.7 Å². The number of carbonyl (C=O) groups excluding carboxylic acids is 1. The van der Waals surface area contributed by atoms with Crippen LogP contribution in [-0.2, 0) is 15.0 Å². The summed E-state index contributed by atoms with van der Waals surface area (Å²) in [4.78, 5) is 27.1. The standard InChI is InChI=1S/C13H15ClN2O3/c1-13(4-2-5-13)9-3-6-15-12(14)11(9)16(8-17)7-10(18)19/h3,6,8H,2,4-5,7H2,1H3,(H,18,19). The van der Waals surface area contributed by atoms with Crippen molar-refractivity contribution in [2.24, 2.45) is 0 Å². The summed E-state index contributed by atoms with van der Waals surface area (Å²) in [7, 11) is 0. The lowest BCUT2D eigenvalue weighted by Crippen LogP contribution is -2.35. The minimum Gasteiger partial charge on any atom is -0.480 e. The number of carbonyl (C=O) groups is 2. The van der Waals surface area contributed by atoms with E-state index in [-0.39, 0.29) is 10.6 Å². The van der Waals surface area contributed by atoms with E-state index in [1.807, 2.05) is 6.07 Å². The highest BCUT2D eigenvalue weighted by Gasteiger charge is 2.37. The summed E-state index contributed by atoms with van der Waals surface area (Å²) in [6.07, 6.45) is 5.20. The topological polar surface area (TPSA) is 70.5 Å². The Hall–Kier alpha value is -1.62. The average molecular weight is 283 g/mol. The molecule has 0 unspecified atom stereocenters. The van der Waals surface area contributed by atoms with Crippen LogP contribution in [0.4, 0.5) is 5.69 Å². The van der Waals surface area contributed by atoms with Crippen molar-refractivity contribution in [3.8, 4) is 0 Å². The van der Waals surface area contributed by atoms with Crippen molar-refractivity contribution in [2.75, 3.05) is 11.4 Å². The van der Waals surface area contributed by atoms with Gasteiger partial charge in [0.15, 0.2) is 5.15 Å². The summed E-state index contributed by atoms with van der Waals surface area (Å²) in [5.41, 5.74) is 1.26. The van der Waals surface area contributed by atoms with E-state index in [4.69, 9.17) is 16.7 Å². The summed E-state index contributed by atoms with van der Waals surface area (Å²) in [5.74, 6) is -1.09. The zero-order valence-corrected chi connectivity index (χ0v) is 11.4. The number of hydrogen-bond acceptors (Lipinski definition) is 3. The lowest BCUT2D eigenvalue weighted by atomic mass is 9.65. The smallest absolute Gasteiger partial charge is 0.323 e. The van der Waals surface area contributed by atoms with Gasteiger partial charge in [0, 0.05) is 6.20 Å². The first-order valence-electron chi connectivity index (χ1n) is 6.06. The second-order valence-corrected chi connectivity index (χ2v) is 5.40. The number of rotatable bonds is 5. The molecule has 1 saturated carbocycles. The Balaban J connectivity index is 2.47. The first-order chi connectivity index (χ1) is 8.98. The van der Waals surface area contributed by atoms with E-state index >= 15 is 0 Å². The van der Waals surface area contributed by atoms with Crippen molar-refractivity contribution >= 4 is 29.7 Å². The number of carboxylic acid groups (broad SMARTS) is 1. The molecule has 102 valence electrons. The van der Waals surface area contributed by atoms with Gasteiger partial charge in [0.2, 0.25) is 6.41 Å². The normalized spacial score (nSPS) is 16.5. The van der Waals surface area contributed by atoms with Crippen LogP contribution in [0.1, 0.15) is 31.7 Å². The Kier molecular flexibility index (Phi) is 3.75. The van der Waals surface area contributed by atoms with Crippen LogP contribution in [0.3, 0.4) is 0 Å². The fourth-order valence-corrected chi connectivity index (χ4v) is 2.75. The van der Waals surface area contributed by atoms with Crippen LogP contribution in [0.5, 0.6) is 0 Å². The molecule has 0 bridgehead atoms. The quantitative estimate of drug-likeness (QED) is 0.664. The van der Waals surface area contributed by atoms with Crippen molar-refractivity contribution < 1.29 is 14.7 Å². The first kappa shape index (κ1) is 13.8. The Morgan fingerprint density at radius 2 is 2.32 bits per heavy atom. The molecule has 5 nitrogen and oxygen atoms in total. The molecule has 0 spiro atoms. The molecule has 1 aliphatic rings. The molecule has 0 atom stereocenters. The van der Waals surface area contributed by atoms with Crippen molar-refractivity contribution in [2.45, 2.75) is 31.6 Å². The number of anilines is 1. The summed E-state index contributed by atoms with van der Waals surface area (Å²) in [6.45, 7) is 1.67. The van der Waals surface area contributed by atoms with Crippen molar-refractivity contribution in [1.82, 2.24) is 4.98 Å². The summed E-state index contributed by atoms with van der Waals surface area (Å²) in [6, 6.07) is 1.82. The molecule has 0 aliphatic heterocycles. The fourth-order valence-electron chi connectivity index (χ4n) is 2.48. The molecule has 1 aromatic rings. The van der Waals surface area contributed by atoms with Gasteiger partial charge < -0.3 is 10.0 Å².